The molecule has 3 rings (SSSR count). The number of likely N-dealkylation sites (N-methyl/N-ethyl adjacent to an activating group) is 1. The largest absolute Gasteiger partial charge is 0.493 e. The number of nitrogens with zero attached hydrogens (tertiary/aromatic N) is 4. The van der Waals surface area contributed by atoms with Gasteiger partial charge < -0.3 is 19.5 Å². The molecular weight excluding hydrogens is 404 g/mol. The van der Waals surface area contributed by atoms with Crippen LogP contribution in [-0.2, 0) is 13.1 Å². The molecule has 0 aliphatic carbocycles. The van der Waals surface area contributed by atoms with Crippen LogP contribution in [0, 0.1) is 6.92 Å². The highest BCUT2D eigenvalue weighted by Gasteiger charge is 2.19. The number of hydrogen-bond acceptors (Lipinski definition) is 7. The monoisotopic (exact) mass is 442 g/mol. The Labute approximate surface area is 192 Å². The Morgan fingerprint density at radius 3 is 2.53 bits per heavy atom. The third-order valence-electron chi connectivity index (χ3n) is 6.03. The van der Waals surface area contributed by atoms with Crippen molar-refractivity contribution in [3.05, 3.63) is 53.3 Å². The number of β-amino-alcohol motifs (C(OH)–C–C–N with tert-alkyl or cyclic N) is 1. The summed E-state index contributed by atoms with van der Waals surface area (Å²) in [7, 11) is 3.73. The third kappa shape index (κ3) is 7.17. The average molecular weight is 443 g/mol. The topological polar surface area (TPSA) is 61.3 Å². The van der Waals surface area contributed by atoms with Crippen molar-refractivity contribution in [3.8, 4) is 11.5 Å². The Kier molecular flexibility index (Phi) is 9.29. The van der Waals surface area contributed by atoms with Crippen molar-refractivity contribution in [2.75, 3.05) is 60.0 Å². The van der Waals surface area contributed by atoms with Crippen molar-refractivity contribution in [1.82, 2.24) is 19.7 Å². The first-order valence-electron chi connectivity index (χ1n) is 11.5. The van der Waals surface area contributed by atoms with Crippen molar-refractivity contribution >= 4 is 0 Å². The second-order valence-corrected chi connectivity index (χ2v) is 8.62. The summed E-state index contributed by atoms with van der Waals surface area (Å²) in [5, 5.41) is 10.5. The summed E-state index contributed by atoms with van der Waals surface area (Å²) in [4.78, 5) is 11.4. The van der Waals surface area contributed by atoms with Crippen molar-refractivity contribution in [3.63, 3.8) is 0 Å². The molecular formula is C25H38N4O3. The molecule has 2 heterocycles. The van der Waals surface area contributed by atoms with Gasteiger partial charge in [0.05, 0.1) is 12.8 Å². The molecule has 1 aliphatic rings. The molecule has 1 N–H and O–H groups in total. The zero-order valence-corrected chi connectivity index (χ0v) is 20.0. The normalized spacial score (nSPS) is 16.3. The fourth-order valence-electron chi connectivity index (χ4n) is 4.06. The second-order valence-electron chi connectivity index (χ2n) is 8.62. The highest BCUT2D eigenvalue weighted by Crippen LogP contribution is 2.29. The number of aliphatic hydroxyl groups is 1. The first-order chi connectivity index (χ1) is 15.5. The van der Waals surface area contributed by atoms with Gasteiger partial charge in [0.2, 0.25) is 0 Å². The first kappa shape index (κ1) is 24.5. The molecule has 1 aliphatic heterocycles. The number of methoxy groups -OCH3 is 1. The number of hydrogen-bond donors (Lipinski definition) is 1. The van der Waals surface area contributed by atoms with Crippen LogP contribution in [0.4, 0.5) is 0 Å². The molecule has 7 heteroatoms. The summed E-state index contributed by atoms with van der Waals surface area (Å²) in [5.41, 5.74) is 3.43. The lowest BCUT2D eigenvalue weighted by atomic mass is 10.1. The Bertz CT molecular complexity index is 840. The smallest absolute Gasteiger partial charge is 0.161 e. The lowest BCUT2D eigenvalue weighted by Gasteiger charge is -2.34. The lowest BCUT2D eigenvalue weighted by Crippen LogP contribution is -2.49. The zero-order chi connectivity index (χ0) is 22.9. The minimum Gasteiger partial charge on any atom is -0.493 e. The maximum absolute atomic E-state index is 10.5. The van der Waals surface area contributed by atoms with Crippen LogP contribution < -0.4 is 9.47 Å². The van der Waals surface area contributed by atoms with E-state index in [0.717, 1.165) is 57.1 Å². The van der Waals surface area contributed by atoms with Gasteiger partial charge in [-0.2, -0.15) is 0 Å². The number of piperazine rings is 1. The quantitative estimate of drug-likeness (QED) is 0.573. The molecule has 0 spiro atoms. The number of pyridine rings is 1. The van der Waals surface area contributed by atoms with Gasteiger partial charge >= 0.3 is 0 Å². The van der Waals surface area contributed by atoms with Gasteiger partial charge in [0.25, 0.3) is 0 Å². The number of benzene rings is 1. The van der Waals surface area contributed by atoms with Gasteiger partial charge in [-0.1, -0.05) is 19.1 Å². The molecule has 0 bridgehead atoms. The van der Waals surface area contributed by atoms with Gasteiger partial charge in [0.1, 0.15) is 12.7 Å². The number of aryl methyl sites for hydroxylation is 1. The van der Waals surface area contributed by atoms with E-state index in [1.54, 1.807) is 7.11 Å². The van der Waals surface area contributed by atoms with E-state index in [4.69, 9.17) is 9.47 Å². The Morgan fingerprint density at radius 2 is 1.84 bits per heavy atom. The van der Waals surface area contributed by atoms with Crippen LogP contribution in [0.2, 0.25) is 0 Å². The molecule has 176 valence electrons. The van der Waals surface area contributed by atoms with Crippen LogP contribution in [0.1, 0.15) is 23.7 Å². The SMILES string of the molecule is CCN1CCN(C[C@H](O)COc2ccc(CN(C)Cc3ncccc3C)cc2OC)CC1. The van der Waals surface area contributed by atoms with Crippen LogP contribution >= 0.6 is 0 Å². The predicted molar refractivity (Wildman–Crippen MR) is 127 cm³/mol. The van der Waals surface area contributed by atoms with Gasteiger partial charge in [-0.05, 0) is 49.8 Å². The van der Waals surface area contributed by atoms with E-state index >= 15 is 0 Å². The average Bonchev–Trinajstić information content (AvgIpc) is 2.80. The maximum atomic E-state index is 10.5. The molecule has 0 amide bonds. The van der Waals surface area contributed by atoms with E-state index in [1.165, 1.54) is 5.56 Å². The molecule has 0 unspecified atom stereocenters. The van der Waals surface area contributed by atoms with Gasteiger partial charge in [0, 0.05) is 52.0 Å². The van der Waals surface area contributed by atoms with Crippen LogP contribution in [0.15, 0.2) is 36.5 Å². The van der Waals surface area contributed by atoms with Crippen LogP contribution in [0.3, 0.4) is 0 Å². The summed E-state index contributed by atoms with van der Waals surface area (Å²) < 4.78 is 11.5. The van der Waals surface area contributed by atoms with Crippen LogP contribution in [-0.4, -0.2) is 90.9 Å². The Balaban J connectivity index is 1.49. The Morgan fingerprint density at radius 1 is 1.09 bits per heavy atom. The standard InChI is InChI=1S/C25H38N4O3/c1-5-28-11-13-29(14-12-28)17-22(30)19-32-24-9-8-21(15-25(24)31-4)16-27(3)18-23-20(2)7-6-10-26-23/h6-10,15,22,30H,5,11-14,16-19H2,1-4H3/t22-/m0/s1. The molecule has 32 heavy (non-hydrogen) atoms. The van der Waals surface area contributed by atoms with Crippen LogP contribution in [0.5, 0.6) is 11.5 Å². The summed E-state index contributed by atoms with van der Waals surface area (Å²) in [6.07, 6.45) is 1.31. The third-order valence-corrected chi connectivity index (χ3v) is 6.03. The summed E-state index contributed by atoms with van der Waals surface area (Å²) >= 11 is 0. The second kappa shape index (κ2) is 12.2. The minimum atomic E-state index is -0.527. The first-order valence-corrected chi connectivity index (χ1v) is 11.5. The number of ether oxygens (including phenoxy) is 2. The molecule has 1 atom stereocenters. The van der Waals surface area contributed by atoms with E-state index in [0.29, 0.717) is 18.0 Å². The number of rotatable bonds is 11. The molecule has 1 aromatic heterocycles. The lowest BCUT2D eigenvalue weighted by molar-refractivity contribution is 0.0464. The molecule has 2 aromatic rings. The van der Waals surface area contributed by atoms with Crippen molar-refractivity contribution in [2.45, 2.75) is 33.0 Å². The molecule has 0 saturated carbocycles. The van der Waals surface area contributed by atoms with E-state index in [9.17, 15) is 5.11 Å². The zero-order valence-electron chi connectivity index (χ0n) is 20.0. The van der Waals surface area contributed by atoms with E-state index in [1.807, 2.05) is 24.4 Å². The fourth-order valence-corrected chi connectivity index (χ4v) is 4.06. The molecule has 1 saturated heterocycles. The number of aliphatic hydroxyl groups excluding tert-OH is 1. The van der Waals surface area contributed by atoms with Gasteiger partial charge in [-0.3, -0.25) is 14.8 Å². The number of aromatic nitrogens is 1. The summed E-state index contributed by atoms with van der Waals surface area (Å²) in [5.74, 6) is 1.35. The van der Waals surface area contributed by atoms with Crippen LogP contribution in [0.25, 0.3) is 0 Å². The predicted octanol–water partition coefficient (Wildman–Crippen LogP) is 2.41. The highest BCUT2D eigenvalue weighted by atomic mass is 16.5. The molecule has 1 fully saturated rings. The fraction of sp³-hybridized carbons (Fsp3) is 0.560. The minimum absolute atomic E-state index is 0.253. The molecule has 1 aromatic carbocycles. The van der Waals surface area contributed by atoms with Gasteiger partial charge in [-0.25, -0.2) is 0 Å². The molecule has 0 radical (unpaired) electrons. The van der Waals surface area contributed by atoms with Crippen molar-refractivity contribution < 1.29 is 14.6 Å². The van der Waals surface area contributed by atoms with E-state index in [-0.39, 0.29) is 6.61 Å². The summed E-state index contributed by atoms with van der Waals surface area (Å²) in [6, 6.07) is 10.0. The highest BCUT2D eigenvalue weighted by molar-refractivity contribution is 5.43. The molecule has 7 nitrogen and oxygen atoms in total. The maximum Gasteiger partial charge on any atom is 0.161 e. The van der Waals surface area contributed by atoms with Gasteiger partial charge in [-0.15, -0.1) is 0 Å². The Hall–Kier alpha value is -2.19. The van der Waals surface area contributed by atoms with Crippen molar-refractivity contribution in [1.29, 1.82) is 0 Å². The summed E-state index contributed by atoms with van der Waals surface area (Å²) in [6.45, 7) is 11.9. The van der Waals surface area contributed by atoms with E-state index in [2.05, 4.69) is 52.7 Å². The van der Waals surface area contributed by atoms with Crippen molar-refractivity contribution in [2.24, 2.45) is 0 Å². The van der Waals surface area contributed by atoms with E-state index < -0.39 is 6.10 Å². The van der Waals surface area contributed by atoms with Gasteiger partial charge in [0.15, 0.2) is 11.5 Å².